The molecular formula is C12H16BrNO. The van der Waals surface area contributed by atoms with Gasteiger partial charge in [0.2, 0.25) is 0 Å². The van der Waals surface area contributed by atoms with Crippen molar-refractivity contribution in [3.05, 3.63) is 28.5 Å². The molecule has 1 heterocycles. The molecule has 0 N–H and O–H groups in total. The van der Waals surface area contributed by atoms with Gasteiger partial charge in [0.05, 0.1) is 0 Å². The van der Waals surface area contributed by atoms with E-state index in [1.807, 2.05) is 13.1 Å². The number of aromatic nitrogens is 1. The highest BCUT2D eigenvalue weighted by Gasteiger charge is 2.01. The fraction of sp³-hybridized carbons (Fsp3) is 0.500. The fourth-order valence-corrected chi connectivity index (χ4v) is 1.90. The number of hydrogen-bond donors (Lipinski definition) is 0. The molecule has 0 aromatic carbocycles. The molecule has 3 heteroatoms. The lowest BCUT2D eigenvalue weighted by Gasteiger charge is -2.01. The first-order valence-electron chi connectivity index (χ1n) is 5.33. The first kappa shape index (κ1) is 12.4. The van der Waals surface area contributed by atoms with Gasteiger partial charge in [0, 0.05) is 29.7 Å². The lowest BCUT2D eigenvalue weighted by atomic mass is 10.1. The van der Waals surface area contributed by atoms with Gasteiger partial charge < -0.3 is 0 Å². The molecular weight excluding hydrogens is 254 g/mol. The lowest BCUT2D eigenvalue weighted by Crippen LogP contribution is -1.98. The summed E-state index contributed by atoms with van der Waals surface area (Å²) in [4.78, 5) is 15.4. The van der Waals surface area contributed by atoms with Crippen LogP contribution in [-0.4, -0.2) is 10.8 Å². The summed E-state index contributed by atoms with van der Waals surface area (Å²) in [6.45, 7) is 2.04. The summed E-state index contributed by atoms with van der Waals surface area (Å²) in [5.74, 6) is 0.375. The quantitative estimate of drug-likeness (QED) is 0.791. The average molecular weight is 270 g/mol. The van der Waals surface area contributed by atoms with Gasteiger partial charge in [-0.15, -0.1) is 0 Å². The molecule has 0 saturated carbocycles. The van der Waals surface area contributed by atoms with Crippen LogP contribution < -0.4 is 0 Å². The summed E-state index contributed by atoms with van der Waals surface area (Å²) in [6.07, 6.45) is 7.86. The topological polar surface area (TPSA) is 30.0 Å². The maximum Gasteiger partial charge on any atom is 0.132 e. The second kappa shape index (κ2) is 6.72. The molecule has 0 saturated heterocycles. The molecule has 0 atom stereocenters. The molecule has 82 valence electrons. The molecule has 2 nitrogen and oxygen atoms in total. The van der Waals surface area contributed by atoms with Crippen LogP contribution in [0.2, 0.25) is 0 Å². The number of rotatable bonds is 6. The molecule has 0 aliphatic carbocycles. The van der Waals surface area contributed by atoms with Gasteiger partial charge in [-0.2, -0.15) is 0 Å². The molecule has 0 radical (unpaired) electrons. The van der Waals surface area contributed by atoms with Gasteiger partial charge in [-0.1, -0.05) is 6.92 Å². The zero-order valence-corrected chi connectivity index (χ0v) is 10.6. The Morgan fingerprint density at radius 2 is 2.20 bits per heavy atom. The van der Waals surface area contributed by atoms with E-state index in [-0.39, 0.29) is 0 Å². The molecule has 1 rings (SSSR count). The number of Topliss-reactive ketones (excluding diaryl/α,β-unsaturated/α-hetero) is 1. The minimum atomic E-state index is 0.375. The second-order valence-corrected chi connectivity index (χ2v) is 4.57. The van der Waals surface area contributed by atoms with E-state index < -0.39 is 0 Å². The van der Waals surface area contributed by atoms with E-state index in [1.54, 1.807) is 6.20 Å². The highest BCUT2D eigenvalue weighted by Crippen LogP contribution is 2.12. The zero-order chi connectivity index (χ0) is 11.1. The Morgan fingerprint density at radius 3 is 2.87 bits per heavy atom. The largest absolute Gasteiger partial charge is 0.300 e. The van der Waals surface area contributed by atoms with Gasteiger partial charge in [0.25, 0.3) is 0 Å². The zero-order valence-electron chi connectivity index (χ0n) is 9.00. The molecule has 0 unspecified atom stereocenters. The van der Waals surface area contributed by atoms with Crippen molar-refractivity contribution in [3.63, 3.8) is 0 Å². The Hall–Kier alpha value is -0.700. The van der Waals surface area contributed by atoms with Crippen LogP contribution in [0.15, 0.2) is 22.9 Å². The highest BCUT2D eigenvalue weighted by molar-refractivity contribution is 9.10. The molecule has 15 heavy (non-hydrogen) atoms. The standard InChI is InChI=1S/C12H16BrNO/c1-2-4-12(15)6-3-5-10-7-11(13)9-14-8-10/h7-9H,2-6H2,1H3. The van der Waals surface area contributed by atoms with Crippen LogP contribution in [0.25, 0.3) is 0 Å². The lowest BCUT2D eigenvalue weighted by molar-refractivity contribution is -0.119. The predicted molar refractivity (Wildman–Crippen MR) is 64.8 cm³/mol. The molecule has 0 spiro atoms. The number of aryl methyl sites for hydroxylation is 1. The highest BCUT2D eigenvalue weighted by atomic mass is 79.9. The monoisotopic (exact) mass is 269 g/mol. The van der Waals surface area contributed by atoms with Gasteiger partial charge >= 0.3 is 0 Å². The van der Waals surface area contributed by atoms with Crippen molar-refractivity contribution < 1.29 is 4.79 Å². The molecule has 0 bridgehead atoms. The summed E-state index contributed by atoms with van der Waals surface area (Å²) in [6, 6.07) is 2.05. The molecule has 1 aromatic heterocycles. The van der Waals surface area contributed by atoms with E-state index in [4.69, 9.17) is 0 Å². The third kappa shape index (κ3) is 5.07. The van der Waals surface area contributed by atoms with E-state index in [1.165, 1.54) is 5.56 Å². The van der Waals surface area contributed by atoms with Crippen molar-refractivity contribution in [2.75, 3.05) is 0 Å². The Kier molecular flexibility index (Phi) is 5.54. The minimum Gasteiger partial charge on any atom is -0.300 e. The third-order valence-corrected chi connectivity index (χ3v) is 2.65. The van der Waals surface area contributed by atoms with Crippen LogP contribution in [0.3, 0.4) is 0 Å². The van der Waals surface area contributed by atoms with Gasteiger partial charge in [-0.3, -0.25) is 9.78 Å². The van der Waals surface area contributed by atoms with E-state index >= 15 is 0 Å². The Morgan fingerprint density at radius 1 is 1.40 bits per heavy atom. The number of carbonyl (C=O) groups excluding carboxylic acids is 1. The number of pyridine rings is 1. The smallest absolute Gasteiger partial charge is 0.132 e. The second-order valence-electron chi connectivity index (χ2n) is 3.65. The SMILES string of the molecule is CCCC(=O)CCCc1cncc(Br)c1. The fourth-order valence-electron chi connectivity index (χ4n) is 1.49. The minimum absolute atomic E-state index is 0.375. The van der Waals surface area contributed by atoms with Crippen LogP contribution in [0.5, 0.6) is 0 Å². The summed E-state index contributed by atoms with van der Waals surface area (Å²) >= 11 is 3.38. The van der Waals surface area contributed by atoms with Crippen LogP contribution in [0, 0.1) is 0 Å². The maximum absolute atomic E-state index is 11.3. The third-order valence-electron chi connectivity index (χ3n) is 2.21. The summed E-state index contributed by atoms with van der Waals surface area (Å²) in [5.41, 5.74) is 1.19. The van der Waals surface area contributed by atoms with Crippen LogP contribution in [0.4, 0.5) is 0 Å². The van der Waals surface area contributed by atoms with E-state index in [9.17, 15) is 4.79 Å². The molecule has 1 aromatic rings. The molecule has 0 amide bonds. The Balaban J connectivity index is 2.28. The molecule has 0 aliphatic rings. The normalized spacial score (nSPS) is 10.3. The Labute approximate surface area is 99.2 Å². The van der Waals surface area contributed by atoms with Gasteiger partial charge in [0.15, 0.2) is 0 Å². The summed E-state index contributed by atoms with van der Waals surface area (Å²) in [7, 11) is 0. The van der Waals surface area contributed by atoms with Crippen molar-refractivity contribution >= 4 is 21.7 Å². The number of nitrogens with zero attached hydrogens (tertiary/aromatic N) is 1. The van der Waals surface area contributed by atoms with Crippen molar-refractivity contribution in [1.82, 2.24) is 4.98 Å². The van der Waals surface area contributed by atoms with E-state index in [0.29, 0.717) is 12.2 Å². The number of carbonyl (C=O) groups is 1. The van der Waals surface area contributed by atoms with Crippen LogP contribution in [-0.2, 0) is 11.2 Å². The van der Waals surface area contributed by atoms with Gasteiger partial charge in [-0.05, 0) is 46.8 Å². The number of hydrogen-bond acceptors (Lipinski definition) is 2. The van der Waals surface area contributed by atoms with Crippen molar-refractivity contribution in [2.24, 2.45) is 0 Å². The van der Waals surface area contributed by atoms with Crippen LogP contribution in [0.1, 0.15) is 38.2 Å². The van der Waals surface area contributed by atoms with Crippen LogP contribution >= 0.6 is 15.9 Å². The van der Waals surface area contributed by atoms with Crippen molar-refractivity contribution in [3.8, 4) is 0 Å². The maximum atomic E-state index is 11.3. The predicted octanol–water partition coefficient (Wildman–Crippen LogP) is 3.54. The van der Waals surface area contributed by atoms with Gasteiger partial charge in [-0.25, -0.2) is 0 Å². The number of ketones is 1. The van der Waals surface area contributed by atoms with E-state index in [0.717, 1.165) is 30.2 Å². The Bertz CT molecular complexity index is 325. The first-order chi connectivity index (χ1) is 7.22. The number of halogens is 1. The van der Waals surface area contributed by atoms with Crippen molar-refractivity contribution in [2.45, 2.75) is 39.0 Å². The van der Waals surface area contributed by atoms with Crippen molar-refractivity contribution in [1.29, 1.82) is 0 Å². The van der Waals surface area contributed by atoms with E-state index in [2.05, 4.69) is 27.0 Å². The molecule has 0 aliphatic heterocycles. The first-order valence-corrected chi connectivity index (χ1v) is 6.12. The van der Waals surface area contributed by atoms with Gasteiger partial charge in [0.1, 0.15) is 5.78 Å². The summed E-state index contributed by atoms with van der Waals surface area (Å²) in [5, 5.41) is 0. The average Bonchev–Trinajstić information content (AvgIpc) is 2.18. The molecule has 0 fully saturated rings. The summed E-state index contributed by atoms with van der Waals surface area (Å²) < 4.78 is 1.000.